The van der Waals surface area contributed by atoms with Crippen LogP contribution in [0, 0.1) is 5.82 Å². The van der Waals surface area contributed by atoms with Gasteiger partial charge in [0.05, 0.1) is 32.5 Å². The first-order valence-electron chi connectivity index (χ1n) is 10.6. The summed E-state index contributed by atoms with van der Waals surface area (Å²) in [5.41, 5.74) is 1.64. The van der Waals surface area contributed by atoms with Crippen molar-refractivity contribution in [2.45, 2.75) is 12.8 Å². The zero-order valence-corrected chi connectivity index (χ0v) is 18.3. The Morgan fingerprint density at radius 3 is 2.66 bits per heavy atom. The first-order chi connectivity index (χ1) is 15.7. The van der Waals surface area contributed by atoms with Gasteiger partial charge in [-0.25, -0.2) is 14.4 Å². The van der Waals surface area contributed by atoms with Crippen molar-refractivity contribution in [3.05, 3.63) is 41.8 Å². The maximum absolute atomic E-state index is 14.4. The van der Waals surface area contributed by atoms with Gasteiger partial charge in [0.1, 0.15) is 10.8 Å². The summed E-state index contributed by atoms with van der Waals surface area (Å²) < 4.78 is 24.1. The summed E-state index contributed by atoms with van der Waals surface area (Å²) in [5, 5.41) is 16.9. The lowest BCUT2D eigenvalue weighted by Crippen LogP contribution is -2.32. The molecule has 0 aliphatic carbocycles. The molecule has 0 bridgehead atoms. The summed E-state index contributed by atoms with van der Waals surface area (Å²) in [6.45, 7) is 4.58. The van der Waals surface area contributed by atoms with Crippen LogP contribution in [0.15, 0.2) is 35.6 Å². The van der Waals surface area contributed by atoms with Gasteiger partial charge in [0, 0.05) is 36.0 Å². The topological polar surface area (TPSA) is 87.0 Å². The largest absolute Gasteiger partial charge is 0.504 e. The van der Waals surface area contributed by atoms with Crippen molar-refractivity contribution < 1.29 is 14.2 Å². The third-order valence-corrected chi connectivity index (χ3v) is 6.31. The summed E-state index contributed by atoms with van der Waals surface area (Å²) in [6, 6.07) is 6.88. The summed E-state index contributed by atoms with van der Waals surface area (Å²) in [4.78, 5) is 11.4. The SMILES string of the molecule is Oc1c(F)cc(-c2nc(-c3ccc(N4CCCC4)nc3)ns2)cc1/C=N/N1CCOCC1. The summed E-state index contributed by atoms with van der Waals surface area (Å²) >= 11 is 1.18. The second-order valence-electron chi connectivity index (χ2n) is 7.73. The number of hydrogen-bond acceptors (Lipinski definition) is 9. The summed E-state index contributed by atoms with van der Waals surface area (Å²) in [6.07, 6.45) is 5.64. The molecule has 3 aromatic rings. The van der Waals surface area contributed by atoms with Gasteiger partial charge in [-0.3, -0.25) is 5.01 Å². The van der Waals surface area contributed by atoms with E-state index in [0.29, 0.717) is 48.3 Å². The molecule has 0 saturated carbocycles. The van der Waals surface area contributed by atoms with Gasteiger partial charge in [-0.1, -0.05) is 0 Å². The van der Waals surface area contributed by atoms with Crippen molar-refractivity contribution in [1.29, 1.82) is 0 Å². The van der Waals surface area contributed by atoms with Gasteiger partial charge in [0.15, 0.2) is 17.4 Å². The average molecular weight is 455 g/mol. The van der Waals surface area contributed by atoms with Gasteiger partial charge in [-0.15, -0.1) is 0 Å². The minimum Gasteiger partial charge on any atom is -0.504 e. The molecule has 166 valence electrons. The quantitative estimate of drug-likeness (QED) is 0.592. The number of phenols is 1. The Kier molecular flexibility index (Phi) is 5.95. The van der Waals surface area contributed by atoms with Crippen molar-refractivity contribution in [2.75, 3.05) is 44.3 Å². The van der Waals surface area contributed by atoms with Crippen LogP contribution >= 0.6 is 11.5 Å². The number of rotatable bonds is 5. The molecule has 5 rings (SSSR count). The second kappa shape index (κ2) is 9.17. The van der Waals surface area contributed by atoms with Crippen LogP contribution in [0.5, 0.6) is 5.75 Å². The van der Waals surface area contributed by atoms with Crippen LogP contribution in [0.4, 0.5) is 10.2 Å². The third kappa shape index (κ3) is 4.42. The standard InChI is InChI=1S/C22H23FN6O2S/c23-18-12-16(11-17(20(18)30)14-25-29-7-9-31-10-8-29)22-26-21(27-32-22)15-3-4-19(24-13-15)28-5-1-2-6-28/h3-4,11-14,30H,1-2,5-10H2/b25-14+. The minimum absolute atomic E-state index is 0.292. The number of morpholine rings is 1. The molecule has 10 heteroatoms. The van der Waals surface area contributed by atoms with Crippen LogP contribution in [0.2, 0.25) is 0 Å². The molecule has 0 unspecified atom stereocenters. The van der Waals surface area contributed by atoms with Crippen LogP contribution in [-0.2, 0) is 4.74 Å². The lowest BCUT2D eigenvalue weighted by atomic mass is 10.1. The fourth-order valence-corrected chi connectivity index (χ4v) is 4.43. The average Bonchev–Trinajstić information content (AvgIpc) is 3.54. The van der Waals surface area contributed by atoms with Crippen LogP contribution in [0.3, 0.4) is 0 Å². The molecule has 8 nitrogen and oxygen atoms in total. The van der Waals surface area contributed by atoms with E-state index in [1.807, 2.05) is 17.1 Å². The fraction of sp³-hybridized carbons (Fsp3) is 0.364. The van der Waals surface area contributed by atoms with Crippen LogP contribution in [0.25, 0.3) is 22.0 Å². The number of hydrazone groups is 1. The molecule has 2 saturated heterocycles. The number of anilines is 1. The van der Waals surface area contributed by atoms with E-state index in [2.05, 4.69) is 24.3 Å². The lowest BCUT2D eigenvalue weighted by molar-refractivity contribution is 0.0397. The molecule has 2 fully saturated rings. The number of nitrogens with zero attached hydrogens (tertiary/aromatic N) is 6. The van der Waals surface area contributed by atoms with Gasteiger partial charge in [0.2, 0.25) is 0 Å². The molecule has 0 radical (unpaired) electrons. The number of hydrogen-bond donors (Lipinski definition) is 1. The highest BCUT2D eigenvalue weighted by molar-refractivity contribution is 7.09. The minimum atomic E-state index is -0.723. The number of phenolic OH excluding ortho intramolecular Hbond substituents is 1. The molecule has 32 heavy (non-hydrogen) atoms. The van der Waals surface area contributed by atoms with E-state index in [9.17, 15) is 9.50 Å². The van der Waals surface area contributed by atoms with E-state index >= 15 is 0 Å². The first kappa shape index (κ1) is 20.8. The Bertz CT molecular complexity index is 1110. The van der Waals surface area contributed by atoms with E-state index in [4.69, 9.17) is 4.74 Å². The molecular weight excluding hydrogens is 431 g/mol. The maximum atomic E-state index is 14.4. The van der Waals surface area contributed by atoms with Gasteiger partial charge in [-0.05, 0) is 48.6 Å². The van der Waals surface area contributed by atoms with Crippen molar-refractivity contribution in [3.63, 3.8) is 0 Å². The molecule has 1 N–H and O–H groups in total. The van der Waals surface area contributed by atoms with Crippen molar-refractivity contribution in [1.82, 2.24) is 19.4 Å². The van der Waals surface area contributed by atoms with Crippen LogP contribution in [-0.4, -0.2) is 70.1 Å². The third-order valence-electron chi connectivity index (χ3n) is 5.55. The number of pyridine rings is 1. The smallest absolute Gasteiger partial charge is 0.174 e. The zero-order chi connectivity index (χ0) is 21.9. The fourth-order valence-electron chi connectivity index (χ4n) is 3.76. The number of aromatic nitrogens is 3. The van der Waals surface area contributed by atoms with Gasteiger partial charge in [-0.2, -0.15) is 9.47 Å². The Hall–Kier alpha value is -3.11. The Morgan fingerprint density at radius 2 is 1.91 bits per heavy atom. The second-order valence-corrected chi connectivity index (χ2v) is 8.48. The molecule has 0 spiro atoms. The van der Waals surface area contributed by atoms with Crippen molar-refractivity contribution in [3.8, 4) is 27.7 Å². The zero-order valence-electron chi connectivity index (χ0n) is 17.4. The molecule has 4 heterocycles. The highest BCUT2D eigenvalue weighted by atomic mass is 32.1. The molecule has 1 aromatic carbocycles. The number of benzene rings is 1. The van der Waals surface area contributed by atoms with Crippen LogP contribution in [0.1, 0.15) is 18.4 Å². The van der Waals surface area contributed by atoms with E-state index in [-0.39, 0.29) is 0 Å². The normalized spacial score (nSPS) is 16.9. The van der Waals surface area contributed by atoms with E-state index in [1.165, 1.54) is 36.7 Å². The molecule has 2 aliphatic rings. The molecule has 2 aromatic heterocycles. The number of ether oxygens (including phenoxy) is 1. The molecule has 0 amide bonds. The van der Waals surface area contributed by atoms with E-state index in [1.54, 1.807) is 12.3 Å². The highest BCUT2D eigenvalue weighted by Crippen LogP contribution is 2.31. The van der Waals surface area contributed by atoms with Gasteiger partial charge < -0.3 is 14.7 Å². The molecule has 0 atom stereocenters. The summed E-state index contributed by atoms with van der Waals surface area (Å²) in [7, 11) is 0. The lowest BCUT2D eigenvalue weighted by Gasteiger charge is -2.23. The first-order valence-corrected chi connectivity index (χ1v) is 11.4. The van der Waals surface area contributed by atoms with Gasteiger partial charge in [0.25, 0.3) is 0 Å². The highest BCUT2D eigenvalue weighted by Gasteiger charge is 2.17. The van der Waals surface area contributed by atoms with Crippen LogP contribution < -0.4 is 4.90 Å². The maximum Gasteiger partial charge on any atom is 0.174 e. The predicted octanol–water partition coefficient (Wildman–Crippen LogP) is 3.38. The Labute approximate surface area is 189 Å². The Balaban J connectivity index is 1.37. The van der Waals surface area contributed by atoms with Crippen molar-refractivity contribution in [2.24, 2.45) is 5.10 Å². The molecule has 2 aliphatic heterocycles. The molecular formula is C22H23FN6O2S. The van der Waals surface area contributed by atoms with E-state index < -0.39 is 11.6 Å². The number of aromatic hydroxyl groups is 1. The monoisotopic (exact) mass is 454 g/mol. The van der Waals surface area contributed by atoms with Gasteiger partial charge >= 0.3 is 0 Å². The van der Waals surface area contributed by atoms with E-state index in [0.717, 1.165) is 24.5 Å². The summed E-state index contributed by atoms with van der Waals surface area (Å²) in [5.74, 6) is 0.352. The Morgan fingerprint density at radius 1 is 1.09 bits per heavy atom. The van der Waals surface area contributed by atoms with Crippen molar-refractivity contribution >= 4 is 23.6 Å². The number of halogens is 1. The predicted molar refractivity (Wildman–Crippen MR) is 122 cm³/mol.